The summed E-state index contributed by atoms with van der Waals surface area (Å²) in [6.07, 6.45) is 5.27. The summed E-state index contributed by atoms with van der Waals surface area (Å²) in [6.45, 7) is 2.16. The molecule has 3 nitrogen and oxygen atoms in total. The maximum atomic E-state index is 13.4. The summed E-state index contributed by atoms with van der Waals surface area (Å²) in [5, 5.41) is 5.13. The van der Waals surface area contributed by atoms with E-state index in [-0.39, 0.29) is 11.9 Å². The summed E-state index contributed by atoms with van der Waals surface area (Å²) >= 11 is 12.3. The Labute approximate surface area is 186 Å². The number of hydrogen-bond donors (Lipinski definition) is 1. The van der Waals surface area contributed by atoms with Crippen LogP contribution in [0.2, 0.25) is 10.0 Å². The molecule has 0 radical (unpaired) electrons. The quantitative estimate of drug-likeness (QED) is 0.488. The standard InChI is InChI=1S/C25H24Cl2N2O/c1-14(19-11-15-6-7-16(19)10-15)28-25(30)20-13-24(17-8-9-21(26)22(27)12-17)29-23-5-3-2-4-18(20)23/h2-5,8-9,12-16,19H,6-7,10-11H2,1H3,(H,28,30). The molecule has 2 saturated carbocycles. The molecule has 0 spiro atoms. The molecule has 5 heteroatoms. The molecule has 2 fully saturated rings. The minimum Gasteiger partial charge on any atom is -0.349 e. The van der Waals surface area contributed by atoms with Gasteiger partial charge < -0.3 is 5.32 Å². The van der Waals surface area contributed by atoms with Crippen LogP contribution >= 0.6 is 23.2 Å². The first-order valence-corrected chi connectivity index (χ1v) is 11.4. The van der Waals surface area contributed by atoms with E-state index in [0.29, 0.717) is 27.2 Å². The topological polar surface area (TPSA) is 42.0 Å². The monoisotopic (exact) mass is 438 g/mol. The average molecular weight is 439 g/mol. The van der Waals surface area contributed by atoms with Crippen LogP contribution in [0.15, 0.2) is 48.5 Å². The van der Waals surface area contributed by atoms with Crippen molar-refractivity contribution in [2.45, 2.75) is 38.6 Å². The molecule has 5 rings (SSSR count). The van der Waals surface area contributed by atoms with Gasteiger partial charge >= 0.3 is 0 Å². The van der Waals surface area contributed by atoms with Crippen LogP contribution in [0.25, 0.3) is 22.2 Å². The number of para-hydroxylation sites is 1. The van der Waals surface area contributed by atoms with E-state index in [1.807, 2.05) is 36.4 Å². The third-order valence-corrected chi connectivity index (χ3v) is 7.71. The number of carbonyl (C=O) groups is 1. The van der Waals surface area contributed by atoms with Crippen LogP contribution in [0.3, 0.4) is 0 Å². The number of pyridine rings is 1. The highest BCUT2D eigenvalue weighted by atomic mass is 35.5. The molecule has 0 aliphatic heterocycles. The van der Waals surface area contributed by atoms with E-state index in [9.17, 15) is 4.79 Å². The molecule has 30 heavy (non-hydrogen) atoms. The lowest BCUT2D eigenvalue weighted by atomic mass is 9.84. The molecule has 154 valence electrons. The van der Waals surface area contributed by atoms with Gasteiger partial charge in [0.1, 0.15) is 0 Å². The van der Waals surface area contributed by atoms with E-state index in [2.05, 4.69) is 12.2 Å². The fraction of sp³-hybridized carbons (Fsp3) is 0.360. The van der Waals surface area contributed by atoms with Crippen molar-refractivity contribution in [3.05, 3.63) is 64.1 Å². The molecule has 2 aliphatic rings. The van der Waals surface area contributed by atoms with Gasteiger partial charge in [-0.2, -0.15) is 0 Å². The fourth-order valence-electron chi connectivity index (χ4n) is 5.46. The molecule has 2 bridgehead atoms. The Morgan fingerprint density at radius 2 is 1.90 bits per heavy atom. The number of carbonyl (C=O) groups excluding carboxylic acids is 1. The molecule has 0 saturated heterocycles. The van der Waals surface area contributed by atoms with Crippen LogP contribution < -0.4 is 5.32 Å². The SMILES string of the molecule is CC(NC(=O)c1cc(-c2ccc(Cl)c(Cl)c2)nc2ccccc12)C1CC2CCC1C2. The molecule has 1 N–H and O–H groups in total. The third-order valence-electron chi connectivity index (χ3n) is 6.97. The van der Waals surface area contributed by atoms with Crippen LogP contribution in [0, 0.1) is 17.8 Å². The number of amides is 1. The average Bonchev–Trinajstić information content (AvgIpc) is 3.38. The van der Waals surface area contributed by atoms with E-state index >= 15 is 0 Å². The normalized spacial score (nSPS) is 23.6. The molecular formula is C25H24Cl2N2O. The first-order valence-electron chi connectivity index (χ1n) is 10.7. The Balaban J connectivity index is 1.49. The summed E-state index contributed by atoms with van der Waals surface area (Å²) in [6, 6.07) is 15.2. The largest absolute Gasteiger partial charge is 0.349 e. The van der Waals surface area contributed by atoms with Crippen molar-refractivity contribution in [3.8, 4) is 11.3 Å². The lowest BCUT2D eigenvalue weighted by molar-refractivity contribution is 0.0917. The van der Waals surface area contributed by atoms with Crippen molar-refractivity contribution >= 4 is 40.0 Å². The van der Waals surface area contributed by atoms with Crippen LogP contribution in [0.4, 0.5) is 0 Å². The van der Waals surface area contributed by atoms with E-state index in [4.69, 9.17) is 28.2 Å². The summed E-state index contributed by atoms with van der Waals surface area (Å²) in [4.78, 5) is 18.1. The van der Waals surface area contributed by atoms with Crippen molar-refractivity contribution in [1.82, 2.24) is 10.3 Å². The highest BCUT2D eigenvalue weighted by Gasteiger charge is 2.42. The second-order valence-electron chi connectivity index (χ2n) is 8.80. The highest BCUT2D eigenvalue weighted by molar-refractivity contribution is 6.42. The molecular weight excluding hydrogens is 415 g/mol. The number of hydrogen-bond acceptors (Lipinski definition) is 2. The molecule has 4 atom stereocenters. The van der Waals surface area contributed by atoms with Crippen LogP contribution in [-0.4, -0.2) is 16.9 Å². The van der Waals surface area contributed by atoms with Gasteiger partial charge in [0.15, 0.2) is 0 Å². The van der Waals surface area contributed by atoms with Crippen LogP contribution in [0.5, 0.6) is 0 Å². The number of fused-ring (bicyclic) bond motifs is 3. The summed E-state index contributed by atoms with van der Waals surface area (Å²) in [7, 11) is 0. The van der Waals surface area contributed by atoms with Gasteiger partial charge in [-0.1, -0.05) is 53.9 Å². The maximum absolute atomic E-state index is 13.4. The minimum absolute atomic E-state index is 0.0369. The Kier molecular flexibility index (Phi) is 5.20. The number of nitrogens with zero attached hydrogens (tertiary/aromatic N) is 1. The molecule has 2 aliphatic carbocycles. The number of aromatic nitrogens is 1. The predicted octanol–water partition coefficient (Wildman–Crippen LogP) is 6.76. The van der Waals surface area contributed by atoms with E-state index < -0.39 is 0 Å². The Bertz CT molecular complexity index is 1130. The number of halogens is 2. The van der Waals surface area contributed by atoms with Crippen molar-refractivity contribution in [1.29, 1.82) is 0 Å². The smallest absolute Gasteiger partial charge is 0.252 e. The molecule has 2 aromatic carbocycles. The lowest BCUT2D eigenvalue weighted by Crippen LogP contribution is -2.40. The minimum atomic E-state index is -0.0369. The Hall–Kier alpha value is -2.10. The fourth-order valence-corrected chi connectivity index (χ4v) is 5.76. The molecule has 4 unspecified atom stereocenters. The molecule has 3 aromatic rings. The van der Waals surface area contributed by atoms with Gasteiger partial charge in [0, 0.05) is 17.0 Å². The van der Waals surface area contributed by atoms with Gasteiger partial charge in [-0.05, 0) is 68.2 Å². The first-order chi connectivity index (χ1) is 14.5. The van der Waals surface area contributed by atoms with Crippen LogP contribution in [0.1, 0.15) is 43.0 Å². The Morgan fingerprint density at radius 1 is 1.07 bits per heavy atom. The molecule has 1 aromatic heterocycles. The van der Waals surface area contributed by atoms with E-state index in [1.54, 1.807) is 12.1 Å². The van der Waals surface area contributed by atoms with Crippen molar-refractivity contribution in [3.63, 3.8) is 0 Å². The predicted molar refractivity (Wildman–Crippen MR) is 123 cm³/mol. The number of rotatable bonds is 4. The van der Waals surface area contributed by atoms with E-state index in [0.717, 1.165) is 28.3 Å². The molecule has 1 amide bonds. The zero-order valence-electron chi connectivity index (χ0n) is 16.9. The van der Waals surface area contributed by atoms with Gasteiger partial charge in [-0.3, -0.25) is 4.79 Å². The van der Waals surface area contributed by atoms with Crippen molar-refractivity contribution < 1.29 is 4.79 Å². The maximum Gasteiger partial charge on any atom is 0.252 e. The van der Waals surface area contributed by atoms with Gasteiger partial charge in [0.05, 0.1) is 26.8 Å². The summed E-state index contributed by atoms with van der Waals surface area (Å²) in [5.41, 5.74) is 2.99. The second kappa shape index (κ2) is 7.86. The van der Waals surface area contributed by atoms with Crippen molar-refractivity contribution in [2.24, 2.45) is 17.8 Å². The van der Waals surface area contributed by atoms with Gasteiger partial charge in [-0.15, -0.1) is 0 Å². The number of benzene rings is 2. The molecule has 1 heterocycles. The van der Waals surface area contributed by atoms with Gasteiger partial charge in [-0.25, -0.2) is 4.98 Å². The highest BCUT2D eigenvalue weighted by Crippen LogP contribution is 2.49. The van der Waals surface area contributed by atoms with E-state index in [1.165, 1.54) is 25.7 Å². The zero-order valence-corrected chi connectivity index (χ0v) is 18.4. The summed E-state index contributed by atoms with van der Waals surface area (Å²) in [5.74, 6) is 2.19. The third kappa shape index (κ3) is 3.59. The Morgan fingerprint density at radius 3 is 2.63 bits per heavy atom. The lowest BCUT2D eigenvalue weighted by Gasteiger charge is -2.28. The first kappa shape index (κ1) is 19.8. The summed E-state index contributed by atoms with van der Waals surface area (Å²) < 4.78 is 0. The van der Waals surface area contributed by atoms with Crippen LogP contribution in [-0.2, 0) is 0 Å². The zero-order chi connectivity index (χ0) is 20.8. The van der Waals surface area contributed by atoms with Gasteiger partial charge in [0.2, 0.25) is 0 Å². The number of nitrogens with one attached hydrogen (secondary N) is 1. The second-order valence-corrected chi connectivity index (χ2v) is 9.62. The van der Waals surface area contributed by atoms with Gasteiger partial charge in [0.25, 0.3) is 5.91 Å². The van der Waals surface area contributed by atoms with Crippen molar-refractivity contribution in [2.75, 3.05) is 0 Å².